The maximum atomic E-state index is 12.0. The van der Waals surface area contributed by atoms with Crippen molar-refractivity contribution in [2.75, 3.05) is 13.7 Å². The Morgan fingerprint density at radius 3 is 2.70 bits per heavy atom. The van der Waals surface area contributed by atoms with E-state index in [0.29, 0.717) is 12.3 Å². The van der Waals surface area contributed by atoms with Crippen molar-refractivity contribution in [3.05, 3.63) is 53.5 Å². The summed E-state index contributed by atoms with van der Waals surface area (Å²) in [6, 6.07) is 11.4. The van der Waals surface area contributed by atoms with Crippen LogP contribution in [0.2, 0.25) is 0 Å². The lowest BCUT2D eigenvalue weighted by atomic mass is 10.2. The second-order valence-electron chi connectivity index (χ2n) is 4.87. The van der Waals surface area contributed by atoms with Crippen LogP contribution >= 0.6 is 0 Å². The molecule has 0 bridgehead atoms. The minimum atomic E-state index is -0.0828. The van der Waals surface area contributed by atoms with Crippen LogP contribution in [0.1, 0.15) is 17.1 Å². The molecule has 1 aromatic carbocycles. The van der Waals surface area contributed by atoms with Gasteiger partial charge in [0, 0.05) is 7.05 Å². The summed E-state index contributed by atoms with van der Waals surface area (Å²) in [5, 5.41) is 0. The number of likely N-dealkylation sites (N-methyl/N-ethyl adjacent to an activating group) is 1. The summed E-state index contributed by atoms with van der Waals surface area (Å²) in [4.78, 5) is 13.6. The van der Waals surface area contributed by atoms with Crippen LogP contribution in [0.3, 0.4) is 0 Å². The predicted octanol–water partition coefficient (Wildman–Crippen LogP) is 2.93. The van der Waals surface area contributed by atoms with E-state index in [-0.39, 0.29) is 12.5 Å². The van der Waals surface area contributed by atoms with Crippen LogP contribution in [0.5, 0.6) is 5.75 Å². The van der Waals surface area contributed by atoms with Crippen LogP contribution < -0.4 is 4.74 Å². The highest BCUT2D eigenvalue weighted by Gasteiger charge is 2.12. The van der Waals surface area contributed by atoms with Crippen LogP contribution in [0, 0.1) is 13.8 Å². The van der Waals surface area contributed by atoms with E-state index in [2.05, 4.69) is 0 Å². The molecule has 0 N–H and O–H groups in total. The lowest BCUT2D eigenvalue weighted by molar-refractivity contribution is -0.132. The lowest BCUT2D eigenvalue weighted by Gasteiger charge is -2.16. The Morgan fingerprint density at radius 2 is 2.05 bits per heavy atom. The Morgan fingerprint density at radius 1 is 1.25 bits per heavy atom. The van der Waals surface area contributed by atoms with Crippen LogP contribution in [0.15, 0.2) is 40.8 Å². The minimum Gasteiger partial charge on any atom is -0.484 e. The van der Waals surface area contributed by atoms with Gasteiger partial charge in [-0.1, -0.05) is 12.1 Å². The third-order valence-corrected chi connectivity index (χ3v) is 2.97. The summed E-state index contributed by atoms with van der Waals surface area (Å²) in [6.07, 6.45) is 0. The van der Waals surface area contributed by atoms with Crippen molar-refractivity contribution in [1.29, 1.82) is 0 Å². The molecule has 0 spiro atoms. The number of ether oxygens (including phenoxy) is 1. The molecule has 4 heteroatoms. The number of nitrogens with zero attached hydrogens (tertiary/aromatic N) is 1. The maximum Gasteiger partial charge on any atom is 0.260 e. The number of aryl methyl sites for hydroxylation is 2. The smallest absolute Gasteiger partial charge is 0.260 e. The molecule has 1 amide bonds. The molecule has 1 aromatic heterocycles. The van der Waals surface area contributed by atoms with Gasteiger partial charge in [-0.25, -0.2) is 0 Å². The molecule has 0 fully saturated rings. The van der Waals surface area contributed by atoms with Gasteiger partial charge in [0.25, 0.3) is 5.91 Å². The Hall–Kier alpha value is -2.23. The summed E-state index contributed by atoms with van der Waals surface area (Å²) >= 11 is 0. The summed E-state index contributed by atoms with van der Waals surface area (Å²) < 4.78 is 10.9. The second-order valence-corrected chi connectivity index (χ2v) is 4.87. The highest BCUT2D eigenvalue weighted by molar-refractivity contribution is 5.77. The number of hydrogen-bond acceptors (Lipinski definition) is 3. The SMILES string of the molecule is Cc1cccc(OCC(=O)N(C)Cc2ccc(C)o2)c1. The summed E-state index contributed by atoms with van der Waals surface area (Å²) in [5.41, 5.74) is 1.11. The normalized spacial score (nSPS) is 10.3. The van der Waals surface area contributed by atoms with Crippen molar-refractivity contribution >= 4 is 5.91 Å². The fraction of sp³-hybridized carbons (Fsp3) is 0.312. The summed E-state index contributed by atoms with van der Waals surface area (Å²) in [5.74, 6) is 2.24. The van der Waals surface area contributed by atoms with Gasteiger partial charge in [0.2, 0.25) is 0 Å². The molecule has 0 aliphatic heterocycles. The molecule has 0 unspecified atom stereocenters. The van der Waals surface area contributed by atoms with Gasteiger partial charge in [0.15, 0.2) is 6.61 Å². The molecule has 0 saturated carbocycles. The fourth-order valence-electron chi connectivity index (χ4n) is 1.85. The zero-order valence-electron chi connectivity index (χ0n) is 12.1. The van der Waals surface area contributed by atoms with Crippen LogP contribution in [-0.4, -0.2) is 24.5 Å². The van der Waals surface area contributed by atoms with E-state index in [1.807, 2.05) is 50.2 Å². The molecule has 4 nitrogen and oxygen atoms in total. The van der Waals surface area contributed by atoms with Gasteiger partial charge in [-0.05, 0) is 43.7 Å². The zero-order valence-corrected chi connectivity index (χ0v) is 12.1. The van der Waals surface area contributed by atoms with Crippen LogP contribution in [0.4, 0.5) is 0 Å². The molecule has 0 atom stereocenters. The molecule has 0 saturated heterocycles. The zero-order chi connectivity index (χ0) is 14.5. The molecule has 2 aromatic rings. The molecule has 0 aliphatic carbocycles. The number of carbonyl (C=O) groups excluding carboxylic acids is 1. The monoisotopic (exact) mass is 273 g/mol. The Balaban J connectivity index is 1.85. The third-order valence-electron chi connectivity index (χ3n) is 2.97. The first-order chi connectivity index (χ1) is 9.54. The first-order valence-electron chi connectivity index (χ1n) is 6.53. The highest BCUT2D eigenvalue weighted by Crippen LogP contribution is 2.13. The summed E-state index contributed by atoms with van der Waals surface area (Å²) in [7, 11) is 1.74. The number of carbonyl (C=O) groups is 1. The van der Waals surface area contributed by atoms with Crippen LogP contribution in [0.25, 0.3) is 0 Å². The van der Waals surface area contributed by atoms with E-state index in [1.165, 1.54) is 0 Å². The predicted molar refractivity (Wildman–Crippen MR) is 76.6 cm³/mol. The molecule has 1 heterocycles. The molecule has 0 aliphatic rings. The molecule has 20 heavy (non-hydrogen) atoms. The van der Waals surface area contributed by atoms with Crippen molar-refractivity contribution < 1.29 is 13.9 Å². The molecule has 2 rings (SSSR count). The first-order valence-corrected chi connectivity index (χ1v) is 6.53. The van der Waals surface area contributed by atoms with Gasteiger partial charge >= 0.3 is 0 Å². The molecule has 0 radical (unpaired) electrons. The quantitative estimate of drug-likeness (QED) is 0.841. The first kappa shape index (κ1) is 14.2. The number of furan rings is 1. The molecule has 106 valence electrons. The third kappa shape index (κ3) is 3.88. The maximum absolute atomic E-state index is 12.0. The van der Waals surface area contributed by atoms with Gasteiger partial charge in [-0.3, -0.25) is 4.79 Å². The van der Waals surface area contributed by atoms with E-state index in [4.69, 9.17) is 9.15 Å². The number of hydrogen-bond donors (Lipinski definition) is 0. The molecular formula is C16H19NO3. The van der Waals surface area contributed by atoms with Gasteiger partial charge in [0.1, 0.15) is 17.3 Å². The van der Waals surface area contributed by atoms with E-state index >= 15 is 0 Å². The van der Waals surface area contributed by atoms with E-state index in [1.54, 1.807) is 11.9 Å². The van der Waals surface area contributed by atoms with E-state index < -0.39 is 0 Å². The van der Waals surface area contributed by atoms with Crippen molar-refractivity contribution in [3.8, 4) is 5.75 Å². The van der Waals surface area contributed by atoms with Gasteiger partial charge < -0.3 is 14.1 Å². The van der Waals surface area contributed by atoms with Crippen molar-refractivity contribution in [2.45, 2.75) is 20.4 Å². The Bertz CT molecular complexity index is 589. The summed E-state index contributed by atoms with van der Waals surface area (Å²) in [6.45, 7) is 4.34. The van der Waals surface area contributed by atoms with Gasteiger partial charge in [0.05, 0.1) is 6.54 Å². The van der Waals surface area contributed by atoms with Crippen molar-refractivity contribution in [2.24, 2.45) is 0 Å². The Kier molecular flexibility index (Phi) is 4.45. The van der Waals surface area contributed by atoms with Gasteiger partial charge in [-0.2, -0.15) is 0 Å². The highest BCUT2D eigenvalue weighted by atomic mass is 16.5. The fourth-order valence-corrected chi connectivity index (χ4v) is 1.85. The topological polar surface area (TPSA) is 42.7 Å². The van der Waals surface area contributed by atoms with Crippen molar-refractivity contribution in [3.63, 3.8) is 0 Å². The standard InChI is InChI=1S/C16H19NO3/c1-12-5-4-6-14(9-12)19-11-16(18)17(3)10-15-8-7-13(2)20-15/h4-9H,10-11H2,1-3H3. The lowest BCUT2D eigenvalue weighted by Crippen LogP contribution is -2.30. The van der Waals surface area contributed by atoms with Gasteiger partial charge in [-0.15, -0.1) is 0 Å². The second kappa shape index (κ2) is 6.28. The van der Waals surface area contributed by atoms with Crippen LogP contribution in [-0.2, 0) is 11.3 Å². The van der Waals surface area contributed by atoms with E-state index in [0.717, 1.165) is 17.1 Å². The molecular weight excluding hydrogens is 254 g/mol. The minimum absolute atomic E-state index is 0.0274. The Labute approximate surface area is 119 Å². The number of amides is 1. The largest absolute Gasteiger partial charge is 0.484 e. The average Bonchev–Trinajstić information content (AvgIpc) is 2.81. The number of rotatable bonds is 5. The number of benzene rings is 1. The van der Waals surface area contributed by atoms with E-state index in [9.17, 15) is 4.79 Å². The van der Waals surface area contributed by atoms with Crippen molar-refractivity contribution in [1.82, 2.24) is 4.90 Å². The average molecular weight is 273 g/mol.